The maximum absolute atomic E-state index is 13.3. The Balaban J connectivity index is 2.28. The molecule has 1 heterocycles. The Morgan fingerprint density at radius 3 is 2.68 bits per heavy atom. The normalized spacial score (nSPS) is 10.5. The molecule has 0 aliphatic rings. The van der Waals surface area contributed by atoms with Crippen LogP contribution in [0.2, 0.25) is 0 Å². The van der Waals surface area contributed by atoms with Gasteiger partial charge in [-0.3, -0.25) is 4.79 Å². The Morgan fingerprint density at radius 2 is 2.11 bits per heavy atom. The highest BCUT2D eigenvalue weighted by Gasteiger charge is 2.05. The monoisotopic (exact) mass is 262 g/mol. The van der Waals surface area contributed by atoms with E-state index >= 15 is 0 Å². The molecule has 0 aliphatic heterocycles. The molecular formula is C13H15FN4O. The number of aromatic nitrogens is 2. The second-order valence-corrected chi connectivity index (χ2v) is 4.46. The number of nitrogen functional groups attached to an aromatic ring is 1. The molecule has 0 radical (unpaired) electrons. The van der Waals surface area contributed by atoms with E-state index in [0.29, 0.717) is 5.56 Å². The average Bonchev–Trinajstić information content (AvgIpc) is 2.36. The Hall–Kier alpha value is -2.37. The fourth-order valence-electron chi connectivity index (χ4n) is 1.63. The second kappa shape index (κ2) is 5.09. The molecule has 0 spiro atoms. The summed E-state index contributed by atoms with van der Waals surface area (Å²) < 4.78 is 14.6. The second-order valence-electron chi connectivity index (χ2n) is 4.46. The van der Waals surface area contributed by atoms with Crippen LogP contribution < -0.4 is 16.2 Å². The number of halogens is 1. The summed E-state index contributed by atoms with van der Waals surface area (Å²) in [5, 5.41) is 4.06. The van der Waals surface area contributed by atoms with Crippen LogP contribution in [0.1, 0.15) is 5.56 Å². The molecule has 2 aromatic rings. The highest BCUT2D eigenvalue weighted by Crippen LogP contribution is 2.12. The van der Waals surface area contributed by atoms with Crippen molar-refractivity contribution in [1.82, 2.24) is 9.78 Å². The molecule has 0 amide bonds. The average molecular weight is 262 g/mol. The van der Waals surface area contributed by atoms with E-state index in [4.69, 9.17) is 5.73 Å². The first kappa shape index (κ1) is 13.1. The van der Waals surface area contributed by atoms with Gasteiger partial charge in [0.1, 0.15) is 5.82 Å². The number of nitrogens with two attached hydrogens (primary N) is 1. The van der Waals surface area contributed by atoms with E-state index in [-0.39, 0.29) is 17.8 Å². The molecule has 6 heteroatoms. The lowest BCUT2D eigenvalue weighted by molar-refractivity contribution is 0.613. The molecule has 2 N–H and O–H groups in total. The van der Waals surface area contributed by atoms with E-state index in [9.17, 15) is 9.18 Å². The summed E-state index contributed by atoms with van der Waals surface area (Å²) in [6, 6.07) is 5.94. The molecule has 0 fully saturated rings. The number of rotatable bonds is 3. The maximum atomic E-state index is 13.3. The molecular weight excluding hydrogens is 247 g/mol. The van der Waals surface area contributed by atoms with Crippen molar-refractivity contribution in [2.24, 2.45) is 0 Å². The first-order chi connectivity index (χ1) is 8.97. The van der Waals surface area contributed by atoms with Crippen molar-refractivity contribution in [2.45, 2.75) is 6.54 Å². The van der Waals surface area contributed by atoms with Crippen LogP contribution in [-0.2, 0) is 6.54 Å². The number of hydrogen-bond acceptors (Lipinski definition) is 4. The summed E-state index contributed by atoms with van der Waals surface area (Å²) in [6.07, 6.45) is 1.59. The minimum atomic E-state index is -0.490. The van der Waals surface area contributed by atoms with Gasteiger partial charge in [-0.1, -0.05) is 6.07 Å². The fraction of sp³-hybridized carbons (Fsp3) is 0.231. The third-order valence-corrected chi connectivity index (χ3v) is 2.77. The minimum absolute atomic E-state index is 0.0898. The van der Waals surface area contributed by atoms with E-state index in [2.05, 4.69) is 5.10 Å². The van der Waals surface area contributed by atoms with E-state index in [1.807, 2.05) is 14.1 Å². The zero-order valence-corrected chi connectivity index (χ0v) is 10.8. The van der Waals surface area contributed by atoms with Crippen molar-refractivity contribution < 1.29 is 4.39 Å². The number of benzene rings is 1. The lowest BCUT2D eigenvalue weighted by Gasteiger charge is -2.12. The van der Waals surface area contributed by atoms with Crippen molar-refractivity contribution in [1.29, 1.82) is 0 Å². The topological polar surface area (TPSA) is 64.2 Å². The van der Waals surface area contributed by atoms with Crippen LogP contribution in [0.25, 0.3) is 0 Å². The van der Waals surface area contributed by atoms with E-state index < -0.39 is 5.82 Å². The summed E-state index contributed by atoms with van der Waals surface area (Å²) >= 11 is 0. The molecule has 0 bridgehead atoms. The number of nitrogens with zero attached hydrogens (tertiary/aromatic N) is 3. The van der Waals surface area contributed by atoms with Crippen LogP contribution in [-0.4, -0.2) is 23.9 Å². The van der Waals surface area contributed by atoms with Gasteiger partial charge < -0.3 is 10.6 Å². The standard InChI is InChI=1S/C13H15FN4O/c1-17(2)10-6-13(19)18(16-7-10)8-9-3-4-12(15)11(14)5-9/h3-7H,8,15H2,1-2H3. The molecule has 5 nitrogen and oxygen atoms in total. The maximum Gasteiger partial charge on any atom is 0.269 e. The van der Waals surface area contributed by atoms with Crippen LogP contribution in [0.5, 0.6) is 0 Å². The first-order valence-electron chi connectivity index (χ1n) is 5.76. The molecule has 19 heavy (non-hydrogen) atoms. The van der Waals surface area contributed by atoms with Crippen LogP contribution in [0, 0.1) is 5.82 Å². The quantitative estimate of drug-likeness (QED) is 0.841. The molecule has 100 valence electrons. The lowest BCUT2D eigenvalue weighted by Crippen LogP contribution is -2.24. The fourth-order valence-corrected chi connectivity index (χ4v) is 1.63. The van der Waals surface area contributed by atoms with Crippen molar-refractivity contribution in [3.05, 3.63) is 52.2 Å². The van der Waals surface area contributed by atoms with Gasteiger partial charge in [0, 0.05) is 20.2 Å². The smallest absolute Gasteiger partial charge is 0.269 e. The largest absolute Gasteiger partial charge is 0.396 e. The van der Waals surface area contributed by atoms with Gasteiger partial charge in [-0.25, -0.2) is 9.07 Å². The zero-order valence-electron chi connectivity index (χ0n) is 10.8. The predicted molar refractivity (Wildman–Crippen MR) is 72.7 cm³/mol. The molecule has 0 saturated heterocycles. The van der Waals surface area contributed by atoms with Gasteiger partial charge in [-0.05, 0) is 17.7 Å². The van der Waals surface area contributed by atoms with Crippen molar-refractivity contribution in [3.8, 4) is 0 Å². The highest BCUT2D eigenvalue weighted by atomic mass is 19.1. The van der Waals surface area contributed by atoms with Crippen molar-refractivity contribution in [3.63, 3.8) is 0 Å². The summed E-state index contributed by atoms with van der Waals surface area (Å²) in [4.78, 5) is 13.6. The Kier molecular flexibility index (Phi) is 3.50. The molecule has 1 aromatic heterocycles. The van der Waals surface area contributed by atoms with Crippen molar-refractivity contribution in [2.75, 3.05) is 24.7 Å². The van der Waals surface area contributed by atoms with E-state index in [1.165, 1.54) is 22.9 Å². The first-order valence-corrected chi connectivity index (χ1v) is 5.76. The summed E-state index contributed by atoms with van der Waals surface area (Å²) in [6.45, 7) is 0.212. The Bertz CT molecular complexity index is 651. The minimum Gasteiger partial charge on any atom is -0.396 e. The predicted octanol–water partition coefficient (Wildman–Crippen LogP) is 1.08. The van der Waals surface area contributed by atoms with Gasteiger partial charge in [-0.15, -0.1) is 0 Å². The molecule has 0 saturated carbocycles. The summed E-state index contributed by atoms with van der Waals surface area (Å²) in [7, 11) is 3.66. The van der Waals surface area contributed by atoms with Gasteiger partial charge in [0.05, 0.1) is 24.1 Å². The van der Waals surface area contributed by atoms with Crippen LogP contribution in [0.4, 0.5) is 15.8 Å². The Labute approximate surface area is 110 Å². The summed E-state index contributed by atoms with van der Waals surface area (Å²) in [5.74, 6) is -0.490. The van der Waals surface area contributed by atoms with Gasteiger partial charge in [0.25, 0.3) is 5.56 Å². The number of hydrogen-bond donors (Lipinski definition) is 1. The van der Waals surface area contributed by atoms with Gasteiger partial charge in [0.15, 0.2) is 0 Å². The molecule has 0 aliphatic carbocycles. The van der Waals surface area contributed by atoms with Crippen LogP contribution >= 0.6 is 0 Å². The van der Waals surface area contributed by atoms with E-state index in [0.717, 1.165) is 5.69 Å². The molecule has 2 rings (SSSR count). The van der Waals surface area contributed by atoms with Gasteiger partial charge >= 0.3 is 0 Å². The Morgan fingerprint density at radius 1 is 1.37 bits per heavy atom. The summed E-state index contributed by atoms with van der Waals surface area (Å²) in [5.41, 5.74) is 6.62. The van der Waals surface area contributed by atoms with Crippen LogP contribution in [0.15, 0.2) is 35.3 Å². The lowest BCUT2D eigenvalue weighted by atomic mass is 10.2. The third-order valence-electron chi connectivity index (χ3n) is 2.77. The third kappa shape index (κ3) is 2.90. The number of anilines is 2. The van der Waals surface area contributed by atoms with Crippen molar-refractivity contribution >= 4 is 11.4 Å². The molecule has 0 atom stereocenters. The zero-order chi connectivity index (χ0) is 14.0. The highest BCUT2D eigenvalue weighted by molar-refractivity contribution is 5.42. The molecule has 0 unspecified atom stereocenters. The van der Waals surface area contributed by atoms with Gasteiger partial charge in [-0.2, -0.15) is 5.10 Å². The molecule has 1 aromatic carbocycles. The van der Waals surface area contributed by atoms with Gasteiger partial charge in [0.2, 0.25) is 0 Å². The van der Waals surface area contributed by atoms with E-state index in [1.54, 1.807) is 17.2 Å². The van der Waals surface area contributed by atoms with Crippen LogP contribution in [0.3, 0.4) is 0 Å². The SMILES string of the molecule is CN(C)c1cnn(Cc2ccc(N)c(F)c2)c(=O)c1.